The van der Waals surface area contributed by atoms with Gasteiger partial charge in [-0.3, -0.25) is 14.8 Å². The fourth-order valence-corrected chi connectivity index (χ4v) is 2.93. The molecule has 138 valence electrons. The summed E-state index contributed by atoms with van der Waals surface area (Å²) >= 11 is 0. The summed E-state index contributed by atoms with van der Waals surface area (Å²) in [5.41, 5.74) is 3.34. The third kappa shape index (κ3) is 4.12. The lowest BCUT2D eigenvalue weighted by Gasteiger charge is -2.12. The Kier molecular flexibility index (Phi) is 5.20. The van der Waals surface area contributed by atoms with Crippen LogP contribution in [-0.2, 0) is 13.1 Å². The standard InChI is InChI=1S/C22H19N5O/c28-22(26-15-17-6-4-10-24-13-17)19-11-21(25-14-16-5-3-9-23-12-16)27-20-8-2-1-7-18(19)20/h1-13H,14-15H2,(H,25,27)(H,26,28). The lowest BCUT2D eigenvalue weighted by atomic mass is 10.1. The Bertz CT molecular complexity index is 1080. The van der Waals surface area contributed by atoms with E-state index >= 15 is 0 Å². The van der Waals surface area contributed by atoms with Crippen LogP contribution in [0.15, 0.2) is 79.4 Å². The molecule has 0 aliphatic carbocycles. The quantitative estimate of drug-likeness (QED) is 0.543. The Labute approximate surface area is 162 Å². The number of hydrogen-bond donors (Lipinski definition) is 2. The van der Waals surface area contributed by atoms with Gasteiger partial charge in [-0.2, -0.15) is 0 Å². The zero-order valence-electron chi connectivity index (χ0n) is 15.2. The highest BCUT2D eigenvalue weighted by Crippen LogP contribution is 2.21. The van der Waals surface area contributed by atoms with E-state index in [-0.39, 0.29) is 5.91 Å². The molecule has 0 unspecified atom stereocenters. The summed E-state index contributed by atoms with van der Waals surface area (Å²) in [7, 11) is 0. The van der Waals surface area contributed by atoms with Crippen LogP contribution in [0.25, 0.3) is 10.9 Å². The molecular formula is C22H19N5O. The summed E-state index contributed by atoms with van der Waals surface area (Å²) in [4.78, 5) is 25.7. The summed E-state index contributed by atoms with van der Waals surface area (Å²) in [6, 6.07) is 17.1. The maximum absolute atomic E-state index is 12.9. The third-order valence-corrected chi connectivity index (χ3v) is 4.33. The fraction of sp³-hybridized carbons (Fsp3) is 0.0909. The Morgan fingerprint density at radius 1 is 0.857 bits per heavy atom. The van der Waals surface area contributed by atoms with Crippen molar-refractivity contribution in [3.05, 3.63) is 96.1 Å². The summed E-state index contributed by atoms with van der Waals surface area (Å²) in [6.07, 6.45) is 6.99. The second-order valence-electron chi connectivity index (χ2n) is 6.33. The van der Waals surface area contributed by atoms with Gasteiger partial charge in [0, 0.05) is 43.3 Å². The molecule has 0 radical (unpaired) electrons. The first-order valence-corrected chi connectivity index (χ1v) is 8.99. The first-order valence-electron chi connectivity index (χ1n) is 8.99. The molecule has 0 spiro atoms. The van der Waals surface area contributed by atoms with Crippen LogP contribution in [0.4, 0.5) is 5.82 Å². The lowest BCUT2D eigenvalue weighted by Crippen LogP contribution is -2.23. The molecule has 4 aromatic rings. The number of amides is 1. The van der Waals surface area contributed by atoms with Crippen molar-refractivity contribution < 1.29 is 4.79 Å². The number of rotatable bonds is 6. The number of anilines is 1. The van der Waals surface area contributed by atoms with Crippen molar-refractivity contribution in [1.82, 2.24) is 20.3 Å². The number of carbonyl (C=O) groups is 1. The third-order valence-electron chi connectivity index (χ3n) is 4.33. The predicted octanol–water partition coefficient (Wildman–Crippen LogP) is 3.57. The molecule has 0 aliphatic rings. The van der Waals surface area contributed by atoms with Gasteiger partial charge in [0.25, 0.3) is 5.91 Å². The molecule has 2 N–H and O–H groups in total. The van der Waals surface area contributed by atoms with Gasteiger partial charge in [0.1, 0.15) is 5.82 Å². The van der Waals surface area contributed by atoms with E-state index in [1.807, 2.05) is 48.5 Å². The van der Waals surface area contributed by atoms with E-state index in [1.165, 1.54) is 0 Å². The molecule has 4 rings (SSSR count). The normalized spacial score (nSPS) is 10.6. The molecule has 6 heteroatoms. The molecule has 1 amide bonds. The number of para-hydroxylation sites is 1. The maximum atomic E-state index is 12.9. The topological polar surface area (TPSA) is 79.8 Å². The zero-order valence-corrected chi connectivity index (χ0v) is 15.2. The van der Waals surface area contributed by atoms with Gasteiger partial charge in [-0.25, -0.2) is 4.98 Å². The molecule has 0 saturated carbocycles. The minimum Gasteiger partial charge on any atom is -0.366 e. The van der Waals surface area contributed by atoms with Crippen molar-refractivity contribution in [3.63, 3.8) is 0 Å². The van der Waals surface area contributed by atoms with Crippen LogP contribution in [0.2, 0.25) is 0 Å². The van der Waals surface area contributed by atoms with Gasteiger partial charge in [0.2, 0.25) is 0 Å². The Morgan fingerprint density at radius 3 is 2.29 bits per heavy atom. The van der Waals surface area contributed by atoms with Gasteiger partial charge < -0.3 is 10.6 Å². The summed E-state index contributed by atoms with van der Waals surface area (Å²) < 4.78 is 0. The highest BCUT2D eigenvalue weighted by molar-refractivity contribution is 6.06. The number of pyridine rings is 3. The van der Waals surface area contributed by atoms with Crippen LogP contribution >= 0.6 is 0 Å². The Balaban J connectivity index is 1.57. The van der Waals surface area contributed by atoms with Crippen molar-refractivity contribution in [2.45, 2.75) is 13.1 Å². The second kappa shape index (κ2) is 8.26. The molecule has 0 aliphatic heterocycles. The smallest absolute Gasteiger partial charge is 0.252 e. The van der Waals surface area contributed by atoms with Gasteiger partial charge in [0.15, 0.2) is 0 Å². The molecule has 28 heavy (non-hydrogen) atoms. The lowest BCUT2D eigenvalue weighted by molar-refractivity contribution is 0.0952. The number of aromatic nitrogens is 3. The second-order valence-corrected chi connectivity index (χ2v) is 6.33. The number of fused-ring (bicyclic) bond motifs is 1. The van der Waals surface area contributed by atoms with Crippen LogP contribution in [-0.4, -0.2) is 20.9 Å². The minimum absolute atomic E-state index is 0.146. The monoisotopic (exact) mass is 369 g/mol. The Hall–Kier alpha value is -3.80. The maximum Gasteiger partial charge on any atom is 0.252 e. The first kappa shape index (κ1) is 17.6. The van der Waals surface area contributed by atoms with Gasteiger partial charge in [-0.05, 0) is 35.4 Å². The van der Waals surface area contributed by atoms with Crippen molar-refractivity contribution in [2.24, 2.45) is 0 Å². The number of benzene rings is 1. The molecule has 3 heterocycles. The molecule has 0 bridgehead atoms. The molecule has 0 atom stereocenters. The van der Waals surface area contributed by atoms with Crippen LogP contribution < -0.4 is 10.6 Å². The molecular weight excluding hydrogens is 350 g/mol. The number of hydrogen-bond acceptors (Lipinski definition) is 5. The van der Waals surface area contributed by atoms with Gasteiger partial charge >= 0.3 is 0 Å². The van der Waals surface area contributed by atoms with E-state index in [0.717, 1.165) is 22.0 Å². The number of carbonyl (C=O) groups excluding carboxylic acids is 1. The zero-order chi connectivity index (χ0) is 19.2. The van der Waals surface area contributed by atoms with Crippen LogP contribution in [0.5, 0.6) is 0 Å². The molecule has 6 nitrogen and oxygen atoms in total. The van der Waals surface area contributed by atoms with Gasteiger partial charge in [-0.15, -0.1) is 0 Å². The Morgan fingerprint density at radius 2 is 1.57 bits per heavy atom. The number of nitrogens with one attached hydrogen (secondary N) is 2. The van der Waals surface area contributed by atoms with Crippen LogP contribution in [0.3, 0.4) is 0 Å². The van der Waals surface area contributed by atoms with Crippen molar-refractivity contribution in [1.29, 1.82) is 0 Å². The molecule has 1 aromatic carbocycles. The van der Waals surface area contributed by atoms with E-state index in [9.17, 15) is 4.79 Å². The van der Waals surface area contributed by atoms with E-state index < -0.39 is 0 Å². The molecule has 0 fully saturated rings. The van der Waals surface area contributed by atoms with Crippen molar-refractivity contribution in [2.75, 3.05) is 5.32 Å². The highest BCUT2D eigenvalue weighted by atomic mass is 16.1. The van der Waals surface area contributed by atoms with Crippen LogP contribution in [0.1, 0.15) is 21.5 Å². The average molecular weight is 369 g/mol. The SMILES string of the molecule is O=C(NCc1cccnc1)c1cc(NCc2cccnc2)nc2ccccc12. The van der Waals surface area contributed by atoms with E-state index in [1.54, 1.807) is 30.9 Å². The van der Waals surface area contributed by atoms with E-state index in [4.69, 9.17) is 0 Å². The summed E-state index contributed by atoms with van der Waals surface area (Å²) in [6.45, 7) is 0.998. The minimum atomic E-state index is -0.146. The largest absolute Gasteiger partial charge is 0.366 e. The summed E-state index contributed by atoms with van der Waals surface area (Å²) in [5.74, 6) is 0.501. The molecule has 0 saturated heterocycles. The highest BCUT2D eigenvalue weighted by Gasteiger charge is 2.13. The number of nitrogens with zero attached hydrogens (tertiary/aromatic N) is 3. The average Bonchev–Trinajstić information content (AvgIpc) is 2.77. The summed E-state index contributed by atoms with van der Waals surface area (Å²) in [5, 5.41) is 7.06. The van der Waals surface area contributed by atoms with Crippen molar-refractivity contribution >= 4 is 22.6 Å². The van der Waals surface area contributed by atoms with Crippen molar-refractivity contribution in [3.8, 4) is 0 Å². The van der Waals surface area contributed by atoms with Gasteiger partial charge in [0.05, 0.1) is 11.1 Å². The van der Waals surface area contributed by atoms with E-state index in [2.05, 4.69) is 25.6 Å². The first-order chi connectivity index (χ1) is 13.8. The molecule has 3 aromatic heterocycles. The van der Waals surface area contributed by atoms with Gasteiger partial charge in [-0.1, -0.05) is 30.3 Å². The fourth-order valence-electron chi connectivity index (χ4n) is 2.93. The van der Waals surface area contributed by atoms with E-state index in [0.29, 0.717) is 24.5 Å². The predicted molar refractivity (Wildman–Crippen MR) is 109 cm³/mol. The van der Waals surface area contributed by atoms with Crippen LogP contribution in [0, 0.1) is 0 Å².